The predicted octanol–water partition coefficient (Wildman–Crippen LogP) is 3.19. The van der Waals surface area contributed by atoms with E-state index in [1.807, 2.05) is 43.4 Å². The number of benzene rings is 1. The molecule has 1 aromatic carbocycles. The minimum absolute atomic E-state index is 0.0357. The van der Waals surface area contributed by atoms with Crippen molar-refractivity contribution in [3.05, 3.63) is 47.2 Å². The third-order valence-corrected chi connectivity index (χ3v) is 5.86. The fourth-order valence-corrected chi connectivity index (χ4v) is 4.06. The Morgan fingerprint density at radius 3 is 2.68 bits per heavy atom. The molecule has 31 heavy (non-hydrogen) atoms. The van der Waals surface area contributed by atoms with Gasteiger partial charge in [-0.15, -0.1) is 6.42 Å². The molecule has 0 aromatic heterocycles. The number of carbonyl (C=O) groups excluding carboxylic acids is 1. The van der Waals surface area contributed by atoms with Crippen molar-refractivity contribution in [3.8, 4) is 12.3 Å². The summed E-state index contributed by atoms with van der Waals surface area (Å²) in [6.07, 6.45) is 11.0. The van der Waals surface area contributed by atoms with Gasteiger partial charge in [0.05, 0.1) is 5.54 Å². The van der Waals surface area contributed by atoms with Gasteiger partial charge >= 0.3 is 5.91 Å². The van der Waals surface area contributed by atoms with Gasteiger partial charge < -0.3 is 14.2 Å². The molecular formula is C26H39NO4+2. The molecule has 0 fully saturated rings. The van der Waals surface area contributed by atoms with Gasteiger partial charge in [-0.2, -0.15) is 0 Å². The van der Waals surface area contributed by atoms with Crippen molar-refractivity contribution < 1.29 is 24.3 Å². The maximum Gasteiger partial charge on any atom is 0.344 e. The van der Waals surface area contributed by atoms with E-state index < -0.39 is 6.10 Å². The Bertz CT molecular complexity index is 776. The number of quaternary nitrogens is 1. The van der Waals surface area contributed by atoms with Crippen LogP contribution in [0.3, 0.4) is 0 Å². The number of methoxy groups -OCH3 is 1. The Hall–Kier alpha value is -2.13. The van der Waals surface area contributed by atoms with E-state index in [9.17, 15) is 4.79 Å². The highest BCUT2D eigenvalue weighted by Crippen LogP contribution is 2.30. The average molecular weight is 430 g/mol. The number of carbonyl (C=O) groups is 1. The quantitative estimate of drug-likeness (QED) is 0.434. The van der Waals surface area contributed by atoms with Gasteiger partial charge in [0.25, 0.3) is 5.76 Å². The van der Waals surface area contributed by atoms with Crippen LogP contribution in [-0.2, 0) is 14.3 Å². The Balaban J connectivity index is 1.97. The highest BCUT2D eigenvalue weighted by atomic mass is 16.5. The fourth-order valence-electron chi connectivity index (χ4n) is 4.06. The molecule has 170 valence electrons. The summed E-state index contributed by atoms with van der Waals surface area (Å²) in [5.74, 6) is 4.05. The molecular weight excluding hydrogens is 390 g/mol. The van der Waals surface area contributed by atoms with Gasteiger partial charge in [-0.3, -0.25) is 5.32 Å². The number of rotatable bonds is 11. The van der Waals surface area contributed by atoms with Crippen LogP contribution in [0.4, 0.5) is 0 Å². The highest BCUT2D eigenvalue weighted by Gasteiger charge is 2.34. The first-order valence-electron chi connectivity index (χ1n) is 11.2. The SMILES string of the molecule is C#CCOC(C(=O)[NH2+]C(C)(C)CCC1CC=C([OH+]CC)C(OC)C1)c1ccc(C)cc1. The summed E-state index contributed by atoms with van der Waals surface area (Å²) in [7, 11) is 1.75. The summed E-state index contributed by atoms with van der Waals surface area (Å²) >= 11 is 0. The second kappa shape index (κ2) is 12.0. The molecule has 3 N–H and O–H groups in total. The molecule has 0 radical (unpaired) electrons. The van der Waals surface area contributed by atoms with E-state index in [2.05, 4.69) is 30.6 Å². The number of terminal acetylenes is 1. The van der Waals surface area contributed by atoms with Crippen LogP contribution >= 0.6 is 0 Å². The normalized spacial score (nSPS) is 19.9. The third-order valence-electron chi connectivity index (χ3n) is 5.86. The number of nitrogens with two attached hydrogens (primary N) is 1. The molecule has 1 amide bonds. The first kappa shape index (κ1) is 25.1. The summed E-state index contributed by atoms with van der Waals surface area (Å²) in [5.41, 5.74) is 1.74. The summed E-state index contributed by atoms with van der Waals surface area (Å²) < 4.78 is 15.9. The number of hydrogen-bond donors (Lipinski definition) is 1. The zero-order valence-corrected chi connectivity index (χ0v) is 19.7. The van der Waals surface area contributed by atoms with E-state index in [4.69, 9.17) is 15.9 Å². The zero-order valence-electron chi connectivity index (χ0n) is 19.7. The van der Waals surface area contributed by atoms with Crippen molar-refractivity contribution in [1.29, 1.82) is 0 Å². The van der Waals surface area contributed by atoms with Crippen LogP contribution in [0.15, 0.2) is 36.1 Å². The molecule has 0 saturated heterocycles. The molecule has 0 spiro atoms. The Kier molecular flexibility index (Phi) is 9.77. The van der Waals surface area contributed by atoms with Crippen molar-refractivity contribution in [3.63, 3.8) is 0 Å². The number of aliphatic hydroxyl groups is 2. The Labute approximate surface area is 187 Å². The van der Waals surface area contributed by atoms with E-state index in [1.54, 1.807) is 7.11 Å². The van der Waals surface area contributed by atoms with Crippen molar-refractivity contribution in [2.45, 2.75) is 71.1 Å². The highest BCUT2D eigenvalue weighted by molar-refractivity contribution is 5.73. The maximum absolute atomic E-state index is 13.1. The van der Waals surface area contributed by atoms with Crippen LogP contribution in [0.25, 0.3) is 0 Å². The van der Waals surface area contributed by atoms with Gasteiger partial charge in [-0.05, 0) is 51.5 Å². The summed E-state index contributed by atoms with van der Waals surface area (Å²) in [5, 5.41) is 1.82. The molecule has 1 aliphatic rings. The van der Waals surface area contributed by atoms with Crippen molar-refractivity contribution >= 4 is 5.91 Å². The second-order valence-corrected chi connectivity index (χ2v) is 9.04. The third kappa shape index (κ3) is 7.81. The van der Waals surface area contributed by atoms with E-state index >= 15 is 0 Å². The standard InChI is InChI=1S/C26H37NO4/c1-7-17-31-24(21-12-9-19(3)10-13-21)25(28)27-26(4,5)16-15-20-11-14-22(30-8-2)23(18-20)29-6/h1,9-10,12-14,20,23-24H,8,11,15-18H2,2-6H3,(H,27,28)/p+2. The summed E-state index contributed by atoms with van der Waals surface area (Å²) in [6, 6.07) is 7.85. The molecule has 0 saturated carbocycles. The number of aryl methyl sites for hydroxylation is 1. The maximum atomic E-state index is 13.1. The fraction of sp³-hybridized carbons (Fsp3) is 0.577. The van der Waals surface area contributed by atoms with Gasteiger partial charge in [0, 0.05) is 26.5 Å². The van der Waals surface area contributed by atoms with Crippen LogP contribution in [0.1, 0.15) is 63.7 Å². The van der Waals surface area contributed by atoms with Crippen LogP contribution in [-0.4, -0.2) is 42.6 Å². The lowest BCUT2D eigenvalue weighted by atomic mass is 9.84. The molecule has 1 aromatic rings. The molecule has 3 unspecified atom stereocenters. The van der Waals surface area contributed by atoms with Crippen LogP contribution in [0.5, 0.6) is 0 Å². The number of amides is 1. The largest absolute Gasteiger partial charge is 0.584 e. The predicted molar refractivity (Wildman–Crippen MR) is 123 cm³/mol. The number of primary amides is 1. The number of ether oxygens (including phenoxy) is 3. The molecule has 0 heterocycles. The molecule has 1 aliphatic carbocycles. The first-order chi connectivity index (χ1) is 14.8. The van der Waals surface area contributed by atoms with E-state index in [0.717, 1.165) is 49.2 Å². The second-order valence-electron chi connectivity index (χ2n) is 9.04. The van der Waals surface area contributed by atoms with Gasteiger partial charge in [0.1, 0.15) is 6.61 Å². The topological polar surface area (TPSA) is 64.9 Å². The molecule has 5 heteroatoms. The minimum atomic E-state index is -0.662. The van der Waals surface area contributed by atoms with Crippen LogP contribution in [0, 0.1) is 25.2 Å². The van der Waals surface area contributed by atoms with Gasteiger partial charge in [0.15, 0.2) is 18.8 Å². The molecule has 2 rings (SSSR count). The minimum Gasteiger partial charge on any atom is -0.584 e. The van der Waals surface area contributed by atoms with E-state index in [-0.39, 0.29) is 24.2 Å². The summed E-state index contributed by atoms with van der Waals surface area (Å²) in [4.78, 5) is 13.1. The molecule has 3 atom stereocenters. The smallest absolute Gasteiger partial charge is 0.344 e. The van der Waals surface area contributed by atoms with Gasteiger partial charge in [0.2, 0.25) is 0 Å². The number of hydrogen-bond acceptors (Lipinski definition) is 3. The van der Waals surface area contributed by atoms with Crippen molar-refractivity contribution in [2.24, 2.45) is 5.92 Å². The summed E-state index contributed by atoms with van der Waals surface area (Å²) in [6.45, 7) is 9.18. The average Bonchev–Trinajstić information content (AvgIpc) is 2.74. The van der Waals surface area contributed by atoms with Crippen molar-refractivity contribution in [1.82, 2.24) is 0 Å². The van der Waals surface area contributed by atoms with E-state index in [1.165, 1.54) is 0 Å². The van der Waals surface area contributed by atoms with Crippen molar-refractivity contribution in [2.75, 3.05) is 20.3 Å². The van der Waals surface area contributed by atoms with E-state index in [0.29, 0.717) is 5.92 Å². The lowest BCUT2D eigenvalue weighted by Gasteiger charge is -2.29. The Morgan fingerprint density at radius 2 is 2.06 bits per heavy atom. The van der Waals surface area contributed by atoms with Gasteiger partial charge in [-0.25, -0.2) is 4.79 Å². The van der Waals surface area contributed by atoms with Crippen LogP contribution < -0.4 is 5.32 Å². The zero-order chi connectivity index (χ0) is 22.9. The lowest BCUT2D eigenvalue weighted by Crippen LogP contribution is -2.99. The monoisotopic (exact) mass is 429 g/mol. The Morgan fingerprint density at radius 1 is 1.35 bits per heavy atom. The number of allylic oxidation sites excluding steroid dienone is 1. The van der Waals surface area contributed by atoms with Crippen LogP contribution in [0.2, 0.25) is 0 Å². The first-order valence-corrected chi connectivity index (χ1v) is 11.2. The molecule has 0 bridgehead atoms. The molecule has 5 nitrogen and oxygen atoms in total. The molecule has 0 aliphatic heterocycles. The lowest BCUT2D eigenvalue weighted by molar-refractivity contribution is -0.644. The van der Waals surface area contributed by atoms with Gasteiger partial charge in [-0.1, -0.05) is 35.7 Å².